The Labute approximate surface area is 86.5 Å². The third kappa shape index (κ3) is 1.70. The maximum absolute atomic E-state index is 13.4. The van der Waals surface area contributed by atoms with Gasteiger partial charge in [-0.05, 0) is 24.8 Å². The van der Waals surface area contributed by atoms with Gasteiger partial charge in [-0.2, -0.15) is 0 Å². The second-order valence-corrected chi connectivity index (χ2v) is 4.10. The Kier molecular flexibility index (Phi) is 2.37. The molecule has 1 aromatic rings. The van der Waals surface area contributed by atoms with Crippen molar-refractivity contribution >= 4 is 11.6 Å². The van der Waals surface area contributed by atoms with Crippen molar-refractivity contribution in [3.63, 3.8) is 0 Å². The summed E-state index contributed by atoms with van der Waals surface area (Å²) in [4.78, 5) is 0. The average Bonchev–Trinajstić information content (AvgIpc) is 2.93. The van der Waals surface area contributed by atoms with Crippen molar-refractivity contribution in [3.05, 3.63) is 28.5 Å². The zero-order valence-corrected chi connectivity index (χ0v) is 8.26. The Morgan fingerprint density at radius 1 is 1.50 bits per heavy atom. The topological polar surface area (TPSA) is 46.2 Å². The Hall–Kier alpha value is -0.800. The lowest BCUT2D eigenvalue weighted by Crippen LogP contribution is -2.14. The standard InChI is InChI=1S/C10H11ClFNO/c11-7-3-6(8(12)4-9(7)14)10(13)5-1-2-5/h3-5,10,14H,1-2,13H2. The molecule has 0 radical (unpaired) electrons. The number of halogens is 2. The molecule has 0 saturated heterocycles. The molecule has 1 saturated carbocycles. The van der Waals surface area contributed by atoms with Gasteiger partial charge in [0.1, 0.15) is 11.6 Å². The molecule has 1 unspecified atom stereocenters. The predicted molar refractivity (Wildman–Crippen MR) is 52.7 cm³/mol. The molecule has 1 atom stereocenters. The number of rotatable bonds is 2. The Morgan fingerprint density at radius 2 is 2.14 bits per heavy atom. The van der Waals surface area contributed by atoms with Crippen LogP contribution in [-0.2, 0) is 0 Å². The predicted octanol–water partition coefficient (Wildman–Crippen LogP) is 2.59. The summed E-state index contributed by atoms with van der Waals surface area (Å²) in [6.45, 7) is 0. The van der Waals surface area contributed by atoms with Gasteiger partial charge in [0.25, 0.3) is 0 Å². The van der Waals surface area contributed by atoms with Crippen LogP contribution in [-0.4, -0.2) is 5.11 Å². The fourth-order valence-electron chi connectivity index (χ4n) is 1.52. The molecular formula is C10H11ClFNO. The smallest absolute Gasteiger partial charge is 0.137 e. The van der Waals surface area contributed by atoms with Crippen LogP contribution in [0.1, 0.15) is 24.4 Å². The Balaban J connectivity index is 2.36. The van der Waals surface area contributed by atoms with E-state index in [-0.39, 0.29) is 16.8 Å². The van der Waals surface area contributed by atoms with Gasteiger partial charge in [-0.3, -0.25) is 0 Å². The normalized spacial score (nSPS) is 18.2. The van der Waals surface area contributed by atoms with Gasteiger partial charge in [0, 0.05) is 17.7 Å². The van der Waals surface area contributed by atoms with Gasteiger partial charge < -0.3 is 10.8 Å². The van der Waals surface area contributed by atoms with Gasteiger partial charge in [0.2, 0.25) is 0 Å². The molecule has 0 heterocycles. The van der Waals surface area contributed by atoms with Crippen molar-refractivity contribution in [2.75, 3.05) is 0 Å². The molecule has 2 nitrogen and oxygen atoms in total. The van der Waals surface area contributed by atoms with E-state index in [1.807, 2.05) is 0 Å². The molecule has 1 aromatic carbocycles. The number of phenols is 1. The van der Waals surface area contributed by atoms with Gasteiger partial charge in [-0.15, -0.1) is 0 Å². The highest BCUT2D eigenvalue weighted by molar-refractivity contribution is 6.32. The molecule has 0 aliphatic heterocycles. The zero-order valence-electron chi connectivity index (χ0n) is 7.50. The van der Waals surface area contributed by atoms with E-state index >= 15 is 0 Å². The van der Waals surface area contributed by atoms with Crippen molar-refractivity contribution < 1.29 is 9.50 Å². The molecule has 1 aliphatic carbocycles. The van der Waals surface area contributed by atoms with Crippen LogP contribution >= 0.6 is 11.6 Å². The summed E-state index contributed by atoms with van der Waals surface area (Å²) in [7, 11) is 0. The monoisotopic (exact) mass is 215 g/mol. The van der Waals surface area contributed by atoms with Crippen LogP contribution in [0.4, 0.5) is 4.39 Å². The quantitative estimate of drug-likeness (QED) is 0.797. The van der Waals surface area contributed by atoms with Crippen LogP contribution in [0.15, 0.2) is 12.1 Å². The molecular weight excluding hydrogens is 205 g/mol. The van der Waals surface area contributed by atoms with Gasteiger partial charge in [-0.25, -0.2) is 4.39 Å². The number of hydrogen-bond acceptors (Lipinski definition) is 2. The highest BCUT2D eigenvalue weighted by atomic mass is 35.5. The first-order valence-electron chi connectivity index (χ1n) is 4.53. The second-order valence-electron chi connectivity index (χ2n) is 3.69. The summed E-state index contributed by atoms with van der Waals surface area (Å²) < 4.78 is 13.4. The van der Waals surface area contributed by atoms with E-state index in [4.69, 9.17) is 22.4 Å². The number of nitrogens with two attached hydrogens (primary N) is 1. The first-order chi connectivity index (χ1) is 6.59. The molecule has 76 valence electrons. The molecule has 0 aromatic heterocycles. The van der Waals surface area contributed by atoms with E-state index in [2.05, 4.69) is 0 Å². The van der Waals surface area contributed by atoms with Crippen LogP contribution in [0.5, 0.6) is 5.75 Å². The molecule has 0 amide bonds. The second kappa shape index (κ2) is 3.41. The summed E-state index contributed by atoms with van der Waals surface area (Å²) in [5, 5.41) is 9.30. The summed E-state index contributed by atoms with van der Waals surface area (Å²) in [5.41, 5.74) is 6.24. The van der Waals surface area contributed by atoms with E-state index in [9.17, 15) is 4.39 Å². The van der Waals surface area contributed by atoms with Gasteiger partial charge in [-0.1, -0.05) is 11.6 Å². The first kappa shape index (κ1) is 9.74. The summed E-state index contributed by atoms with van der Waals surface area (Å²) in [6, 6.07) is 2.13. The summed E-state index contributed by atoms with van der Waals surface area (Å²) in [6.07, 6.45) is 2.08. The minimum atomic E-state index is -0.480. The Bertz CT molecular complexity index is 365. The largest absolute Gasteiger partial charge is 0.506 e. The van der Waals surface area contributed by atoms with E-state index in [1.54, 1.807) is 0 Å². The van der Waals surface area contributed by atoms with Crippen LogP contribution < -0.4 is 5.73 Å². The zero-order chi connectivity index (χ0) is 10.3. The third-order valence-corrected chi connectivity index (χ3v) is 2.86. The first-order valence-corrected chi connectivity index (χ1v) is 4.91. The Morgan fingerprint density at radius 3 is 2.71 bits per heavy atom. The lowest BCUT2D eigenvalue weighted by atomic mass is 10.0. The molecule has 0 bridgehead atoms. The lowest BCUT2D eigenvalue weighted by molar-refractivity contribution is 0.465. The number of phenolic OH excluding ortho intramolecular Hbond substituents is 1. The minimum Gasteiger partial charge on any atom is -0.506 e. The fraction of sp³-hybridized carbons (Fsp3) is 0.400. The van der Waals surface area contributed by atoms with E-state index in [0.717, 1.165) is 18.9 Å². The highest BCUT2D eigenvalue weighted by Crippen LogP contribution is 2.41. The molecule has 1 fully saturated rings. The van der Waals surface area contributed by atoms with Crippen LogP contribution in [0.3, 0.4) is 0 Å². The average molecular weight is 216 g/mol. The van der Waals surface area contributed by atoms with E-state index in [0.29, 0.717) is 11.5 Å². The fourth-order valence-corrected chi connectivity index (χ4v) is 1.69. The molecule has 2 rings (SSSR count). The van der Waals surface area contributed by atoms with Crippen LogP contribution in [0, 0.1) is 11.7 Å². The molecule has 14 heavy (non-hydrogen) atoms. The van der Waals surface area contributed by atoms with Crippen molar-refractivity contribution in [1.29, 1.82) is 0 Å². The SMILES string of the molecule is NC(c1cc(Cl)c(O)cc1F)C1CC1. The maximum atomic E-state index is 13.4. The van der Waals surface area contributed by atoms with Crippen molar-refractivity contribution in [2.45, 2.75) is 18.9 Å². The van der Waals surface area contributed by atoms with Crippen molar-refractivity contribution in [2.24, 2.45) is 11.7 Å². The summed E-state index contributed by atoms with van der Waals surface area (Å²) >= 11 is 5.68. The highest BCUT2D eigenvalue weighted by Gasteiger charge is 2.31. The van der Waals surface area contributed by atoms with Crippen LogP contribution in [0.25, 0.3) is 0 Å². The molecule has 1 aliphatic rings. The third-order valence-electron chi connectivity index (χ3n) is 2.56. The van der Waals surface area contributed by atoms with E-state index < -0.39 is 5.82 Å². The molecule has 0 spiro atoms. The van der Waals surface area contributed by atoms with Gasteiger partial charge in [0.15, 0.2) is 0 Å². The van der Waals surface area contributed by atoms with Crippen molar-refractivity contribution in [3.8, 4) is 5.75 Å². The molecule has 3 N–H and O–H groups in total. The van der Waals surface area contributed by atoms with Gasteiger partial charge in [0.05, 0.1) is 5.02 Å². The maximum Gasteiger partial charge on any atom is 0.137 e. The minimum absolute atomic E-state index is 0.150. The van der Waals surface area contributed by atoms with E-state index in [1.165, 1.54) is 6.07 Å². The molecule has 4 heteroatoms. The van der Waals surface area contributed by atoms with Crippen LogP contribution in [0.2, 0.25) is 5.02 Å². The van der Waals surface area contributed by atoms with Crippen molar-refractivity contribution in [1.82, 2.24) is 0 Å². The lowest BCUT2D eigenvalue weighted by Gasteiger charge is -2.12. The number of benzene rings is 1. The van der Waals surface area contributed by atoms with Gasteiger partial charge >= 0.3 is 0 Å². The summed E-state index contributed by atoms with van der Waals surface area (Å²) in [5.74, 6) is -0.354. The number of aromatic hydroxyl groups is 1. The number of hydrogen-bond donors (Lipinski definition) is 2.